The maximum Gasteiger partial charge on any atom is 0.278 e. The summed E-state index contributed by atoms with van der Waals surface area (Å²) in [5, 5.41) is 1.05. The molecule has 0 spiro atoms. The van der Waals surface area contributed by atoms with Gasteiger partial charge in [0.05, 0.1) is 27.2 Å². The van der Waals surface area contributed by atoms with Crippen molar-refractivity contribution >= 4 is 44.5 Å². The first kappa shape index (κ1) is 30.4. The summed E-state index contributed by atoms with van der Waals surface area (Å²) >= 11 is 0. The molecule has 5 aromatic rings. The van der Waals surface area contributed by atoms with Gasteiger partial charge < -0.3 is 0 Å². The molecule has 2 atom stereocenters. The average Bonchev–Trinajstić information content (AvgIpc) is 3.62. The number of nitrogens with zero attached hydrogens (tertiary/aromatic N) is 4. The second kappa shape index (κ2) is 9.97. The van der Waals surface area contributed by atoms with E-state index in [-0.39, 0.29) is 56.3 Å². The monoisotopic (exact) mass is 666 g/mol. The van der Waals surface area contributed by atoms with Gasteiger partial charge in [-0.15, -0.1) is 0 Å². The fourth-order valence-electron chi connectivity index (χ4n) is 8.83. The molecule has 0 saturated heterocycles. The van der Waals surface area contributed by atoms with Crippen LogP contribution in [0.5, 0.6) is 0 Å². The van der Waals surface area contributed by atoms with E-state index in [1.807, 2.05) is 45.9 Å². The van der Waals surface area contributed by atoms with Gasteiger partial charge in [0.25, 0.3) is 22.2 Å². The van der Waals surface area contributed by atoms with Gasteiger partial charge in [0.2, 0.25) is 0 Å². The van der Waals surface area contributed by atoms with Crippen molar-refractivity contribution in [3.05, 3.63) is 136 Å². The molecule has 0 radical (unpaired) electrons. The van der Waals surface area contributed by atoms with Gasteiger partial charge in [-0.05, 0) is 65.6 Å². The molecule has 0 N–H and O–H groups in total. The molecule has 2 unspecified atom stereocenters. The summed E-state index contributed by atoms with van der Waals surface area (Å²) < 4.78 is 5.48. The minimum absolute atomic E-state index is 0.127. The minimum atomic E-state index is -0.906. The van der Waals surface area contributed by atoms with E-state index in [0.717, 1.165) is 0 Å². The van der Waals surface area contributed by atoms with Crippen molar-refractivity contribution in [2.45, 2.75) is 65.5 Å². The second-order valence-corrected chi connectivity index (χ2v) is 15.5. The summed E-state index contributed by atoms with van der Waals surface area (Å²) in [6.45, 7) is 7.78. The van der Waals surface area contributed by atoms with Crippen molar-refractivity contribution in [2.24, 2.45) is 10.8 Å². The van der Waals surface area contributed by atoms with Gasteiger partial charge in [-0.25, -0.2) is 18.7 Å². The first-order valence-electron chi connectivity index (χ1n) is 17.0. The van der Waals surface area contributed by atoms with Crippen LogP contribution in [0.1, 0.15) is 76.6 Å². The van der Waals surface area contributed by atoms with Crippen LogP contribution in [0.2, 0.25) is 0 Å². The SMILES string of the molecule is CC1(C)CC(=O)C2=C(C1)C(c1cccc(C3C4=C(CCC(C)(C)C4=O)n4c(=O)c5ccccc5c(=O)n43)c1)n1c(=O)c3ccccc3c(=O)n12. The van der Waals surface area contributed by atoms with Crippen LogP contribution in [-0.2, 0) is 9.59 Å². The largest absolute Gasteiger partial charge is 0.294 e. The van der Waals surface area contributed by atoms with Gasteiger partial charge in [0.15, 0.2) is 11.6 Å². The zero-order valence-corrected chi connectivity index (χ0v) is 28.1. The third-order valence-electron chi connectivity index (χ3n) is 11.1. The molecular formula is C40H34N4O6. The molecule has 9 rings (SSSR count). The third kappa shape index (κ3) is 3.90. The number of carbonyl (C=O) groups excluding carboxylic acids is 2. The first-order valence-corrected chi connectivity index (χ1v) is 17.0. The lowest BCUT2D eigenvalue weighted by Gasteiger charge is -2.31. The molecule has 3 aromatic carbocycles. The van der Waals surface area contributed by atoms with Crippen molar-refractivity contribution in [2.75, 3.05) is 0 Å². The highest BCUT2D eigenvalue weighted by Crippen LogP contribution is 2.49. The summed E-state index contributed by atoms with van der Waals surface area (Å²) in [4.78, 5) is 84.9. The maximum absolute atomic E-state index is 14.3. The number of rotatable bonds is 2. The lowest BCUT2D eigenvalue weighted by molar-refractivity contribution is -0.124. The Morgan fingerprint density at radius 1 is 0.600 bits per heavy atom. The number of hydrogen-bond acceptors (Lipinski definition) is 6. The van der Waals surface area contributed by atoms with E-state index in [0.29, 0.717) is 47.2 Å². The lowest BCUT2D eigenvalue weighted by atomic mass is 9.72. The van der Waals surface area contributed by atoms with Crippen LogP contribution in [-0.4, -0.2) is 30.3 Å². The summed E-state index contributed by atoms with van der Waals surface area (Å²) in [6, 6.07) is 19.0. The topological polar surface area (TPSA) is 122 Å². The van der Waals surface area contributed by atoms with Crippen LogP contribution in [0.4, 0.5) is 0 Å². The van der Waals surface area contributed by atoms with Crippen molar-refractivity contribution < 1.29 is 9.59 Å². The summed E-state index contributed by atoms with van der Waals surface area (Å²) in [7, 11) is 0. The number of fused-ring (bicyclic) bond motifs is 6. The molecule has 4 aliphatic rings. The maximum atomic E-state index is 14.3. The number of ketones is 2. The normalized spacial score (nSPS) is 21.8. The van der Waals surface area contributed by atoms with Crippen LogP contribution < -0.4 is 22.2 Å². The Morgan fingerprint density at radius 3 is 1.72 bits per heavy atom. The first-order chi connectivity index (χ1) is 23.8. The predicted octanol–water partition coefficient (Wildman–Crippen LogP) is 5.05. The van der Waals surface area contributed by atoms with Crippen LogP contribution in [0.3, 0.4) is 0 Å². The Kier molecular flexibility index (Phi) is 6.06. The van der Waals surface area contributed by atoms with Crippen LogP contribution in [0.25, 0.3) is 32.9 Å². The quantitative estimate of drug-likeness (QED) is 0.260. The lowest BCUT2D eigenvalue weighted by Crippen LogP contribution is -2.38. The molecular weight excluding hydrogens is 632 g/mol. The number of hydrogen-bond donors (Lipinski definition) is 0. The standard InChI is InChI=1S/C40H34N4O6/c1-39(2)19-27-31(42-36(48)25-14-7-8-15-26(25)38(50)44(42)33(27)29(45)20-39)21-10-9-11-22(18-21)32-30-28(16-17-40(3,4)34(30)46)41-35(47)23-12-5-6-13-24(23)37(49)43(32)41/h5-15,18,31-32H,16-17,19-20H2,1-4H3. The average molecular weight is 667 g/mol. The number of aromatic nitrogens is 4. The summed E-state index contributed by atoms with van der Waals surface area (Å²) in [5.41, 5.74) is 0.357. The van der Waals surface area contributed by atoms with Gasteiger partial charge in [-0.1, -0.05) is 76.2 Å². The zero-order valence-electron chi connectivity index (χ0n) is 28.1. The highest BCUT2D eigenvalue weighted by atomic mass is 16.2. The van der Waals surface area contributed by atoms with Gasteiger partial charge in [0, 0.05) is 17.4 Å². The van der Waals surface area contributed by atoms with E-state index in [2.05, 4.69) is 0 Å². The Bertz CT molecular complexity index is 2750. The number of carbonyl (C=O) groups is 2. The molecule has 4 heterocycles. The third-order valence-corrected chi connectivity index (χ3v) is 11.1. The highest BCUT2D eigenvalue weighted by Gasteiger charge is 2.48. The fraction of sp³-hybridized carbons (Fsp3) is 0.300. The van der Waals surface area contributed by atoms with Crippen LogP contribution in [0.15, 0.2) is 103 Å². The molecule has 50 heavy (non-hydrogen) atoms. The smallest absolute Gasteiger partial charge is 0.278 e. The molecule has 0 bridgehead atoms. The molecule has 0 amide bonds. The number of Topliss-reactive ketones (excluding diaryl/α,β-unsaturated/α-hetero) is 2. The van der Waals surface area contributed by atoms with Crippen molar-refractivity contribution in [3.63, 3.8) is 0 Å². The Hall–Kier alpha value is -5.64. The fourth-order valence-corrected chi connectivity index (χ4v) is 8.83. The predicted molar refractivity (Wildman–Crippen MR) is 190 cm³/mol. The van der Waals surface area contributed by atoms with Gasteiger partial charge in [-0.3, -0.25) is 28.8 Å². The van der Waals surface area contributed by atoms with E-state index in [1.165, 1.54) is 18.7 Å². The number of benzene rings is 3. The Morgan fingerprint density at radius 2 is 1.12 bits per heavy atom. The molecule has 250 valence electrons. The van der Waals surface area contributed by atoms with E-state index in [4.69, 9.17) is 0 Å². The Balaban J connectivity index is 1.33. The molecule has 2 aliphatic heterocycles. The highest BCUT2D eigenvalue weighted by molar-refractivity contribution is 6.18. The van der Waals surface area contributed by atoms with Crippen LogP contribution >= 0.6 is 0 Å². The molecule has 0 fully saturated rings. The second-order valence-electron chi connectivity index (χ2n) is 15.5. The summed E-state index contributed by atoms with van der Waals surface area (Å²) in [5.74, 6) is -0.328. The molecule has 10 heteroatoms. The van der Waals surface area contributed by atoms with Gasteiger partial charge in [0.1, 0.15) is 17.8 Å². The van der Waals surface area contributed by atoms with Gasteiger partial charge >= 0.3 is 0 Å². The minimum Gasteiger partial charge on any atom is -0.294 e. The van der Waals surface area contributed by atoms with E-state index < -0.39 is 34.0 Å². The van der Waals surface area contributed by atoms with E-state index in [9.17, 15) is 28.8 Å². The van der Waals surface area contributed by atoms with E-state index >= 15 is 0 Å². The molecule has 0 saturated carbocycles. The van der Waals surface area contributed by atoms with Crippen molar-refractivity contribution in [1.82, 2.24) is 18.7 Å². The Labute approximate surface area is 285 Å². The molecule has 2 aliphatic carbocycles. The zero-order chi connectivity index (χ0) is 35.0. The van der Waals surface area contributed by atoms with Crippen molar-refractivity contribution in [3.8, 4) is 0 Å². The van der Waals surface area contributed by atoms with Crippen molar-refractivity contribution in [1.29, 1.82) is 0 Å². The molecule has 10 nitrogen and oxygen atoms in total. The van der Waals surface area contributed by atoms with Gasteiger partial charge in [-0.2, -0.15) is 0 Å². The van der Waals surface area contributed by atoms with E-state index in [1.54, 1.807) is 54.6 Å². The van der Waals surface area contributed by atoms with Crippen LogP contribution in [0, 0.1) is 10.8 Å². The number of allylic oxidation sites excluding steroid dienone is 4. The summed E-state index contributed by atoms with van der Waals surface area (Å²) in [6.07, 6.45) is 1.67. The molecule has 2 aromatic heterocycles.